The molecule has 0 radical (unpaired) electrons. The summed E-state index contributed by atoms with van der Waals surface area (Å²) in [7, 11) is 4.08. The fourth-order valence-electron chi connectivity index (χ4n) is 3.12. The zero-order valence-electron chi connectivity index (χ0n) is 17.0. The molecule has 1 atom stereocenters. The van der Waals surface area contributed by atoms with Gasteiger partial charge in [0.1, 0.15) is 0 Å². The molecule has 0 spiro atoms. The van der Waals surface area contributed by atoms with E-state index in [0.29, 0.717) is 6.04 Å². The van der Waals surface area contributed by atoms with Crippen molar-refractivity contribution in [2.75, 3.05) is 53.4 Å². The molecular weight excluding hydrogens is 425 g/mol. The number of hydrogen-bond donors (Lipinski definition) is 2. The summed E-state index contributed by atoms with van der Waals surface area (Å²) in [4.78, 5) is 9.35. The van der Waals surface area contributed by atoms with Crippen LogP contribution in [-0.4, -0.2) is 75.2 Å². The molecule has 1 aliphatic rings. The average Bonchev–Trinajstić information content (AvgIpc) is 2.59. The molecule has 25 heavy (non-hydrogen) atoms. The van der Waals surface area contributed by atoms with Crippen LogP contribution >= 0.6 is 24.0 Å². The van der Waals surface area contributed by atoms with Crippen molar-refractivity contribution in [2.45, 2.75) is 64.8 Å². The van der Waals surface area contributed by atoms with Crippen LogP contribution in [0.5, 0.6) is 0 Å². The number of guanidine groups is 1. The van der Waals surface area contributed by atoms with Gasteiger partial charge in [-0.05, 0) is 39.8 Å². The fourth-order valence-corrected chi connectivity index (χ4v) is 3.12. The summed E-state index contributed by atoms with van der Waals surface area (Å²) in [5.41, 5.74) is 0. The molecule has 150 valence electrons. The standard InChI is InChI=1S/C19H41N5.HI/c1-5-6-7-8-11-18(2)22-19(20-3)21-12-9-10-13-24-16-14-23(4)15-17-24;/h18H,5-17H2,1-4H3,(H2,20,21,22);1H. The van der Waals surface area contributed by atoms with E-state index in [1.807, 2.05) is 7.05 Å². The minimum absolute atomic E-state index is 0. The first-order valence-corrected chi connectivity index (χ1v) is 10.0. The number of likely N-dealkylation sites (N-methyl/N-ethyl adjacent to an activating group) is 1. The molecule has 1 fully saturated rings. The monoisotopic (exact) mass is 467 g/mol. The Morgan fingerprint density at radius 2 is 1.76 bits per heavy atom. The second-order valence-corrected chi connectivity index (χ2v) is 7.25. The van der Waals surface area contributed by atoms with E-state index in [9.17, 15) is 0 Å². The summed E-state index contributed by atoms with van der Waals surface area (Å²) in [5.74, 6) is 0.956. The summed E-state index contributed by atoms with van der Waals surface area (Å²) in [6, 6.07) is 0.499. The van der Waals surface area contributed by atoms with Gasteiger partial charge in [0.2, 0.25) is 0 Å². The number of hydrogen-bond acceptors (Lipinski definition) is 3. The maximum absolute atomic E-state index is 4.35. The third-order valence-electron chi connectivity index (χ3n) is 4.89. The molecule has 1 heterocycles. The predicted octanol–water partition coefficient (Wildman–Crippen LogP) is 3.16. The number of rotatable bonds is 11. The lowest BCUT2D eigenvalue weighted by molar-refractivity contribution is 0.152. The molecular formula is C19H42IN5. The molecule has 1 unspecified atom stereocenters. The van der Waals surface area contributed by atoms with Gasteiger partial charge in [0.15, 0.2) is 5.96 Å². The van der Waals surface area contributed by atoms with Crippen molar-refractivity contribution in [2.24, 2.45) is 4.99 Å². The van der Waals surface area contributed by atoms with E-state index in [4.69, 9.17) is 0 Å². The first kappa shape index (κ1) is 24.9. The highest BCUT2D eigenvalue weighted by Crippen LogP contribution is 2.05. The van der Waals surface area contributed by atoms with E-state index in [-0.39, 0.29) is 24.0 Å². The zero-order valence-corrected chi connectivity index (χ0v) is 19.3. The van der Waals surface area contributed by atoms with Crippen molar-refractivity contribution in [1.29, 1.82) is 0 Å². The number of nitrogens with one attached hydrogen (secondary N) is 2. The second kappa shape index (κ2) is 16.1. The Hall–Kier alpha value is -0.0800. The van der Waals surface area contributed by atoms with Crippen LogP contribution in [0.2, 0.25) is 0 Å². The highest BCUT2D eigenvalue weighted by molar-refractivity contribution is 14.0. The molecule has 1 aliphatic heterocycles. The van der Waals surface area contributed by atoms with Gasteiger partial charge in [-0.3, -0.25) is 4.99 Å². The Morgan fingerprint density at radius 3 is 2.40 bits per heavy atom. The molecule has 0 amide bonds. The number of unbranched alkanes of at least 4 members (excludes halogenated alkanes) is 4. The Bertz CT molecular complexity index is 330. The number of nitrogens with zero attached hydrogens (tertiary/aromatic N) is 3. The normalized spacial score (nSPS) is 17.8. The van der Waals surface area contributed by atoms with Gasteiger partial charge >= 0.3 is 0 Å². The highest BCUT2D eigenvalue weighted by Gasteiger charge is 2.12. The van der Waals surface area contributed by atoms with Crippen molar-refractivity contribution in [3.8, 4) is 0 Å². The van der Waals surface area contributed by atoms with E-state index in [1.54, 1.807) is 0 Å². The van der Waals surface area contributed by atoms with E-state index < -0.39 is 0 Å². The van der Waals surface area contributed by atoms with Crippen LogP contribution < -0.4 is 10.6 Å². The van der Waals surface area contributed by atoms with Gasteiger partial charge in [0, 0.05) is 45.8 Å². The summed E-state index contributed by atoms with van der Waals surface area (Å²) in [5, 5.41) is 6.97. The summed E-state index contributed by atoms with van der Waals surface area (Å²) in [6.07, 6.45) is 9.01. The molecule has 6 heteroatoms. The van der Waals surface area contributed by atoms with Gasteiger partial charge in [-0.1, -0.05) is 32.6 Å². The molecule has 0 aromatic rings. The van der Waals surface area contributed by atoms with Gasteiger partial charge < -0.3 is 20.4 Å². The van der Waals surface area contributed by atoms with Crippen LogP contribution in [0, 0.1) is 0 Å². The lowest BCUT2D eigenvalue weighted by Gasteiger charge is -2.32. The van der Waals surface area contributed by atoms with Gasteiger partial charge in [-0.25, -0.2) is 0 Å². The van der Waals surface area contributed by atoms with Crippen molar-refractivity contribution < 1.29 is 0 Å². The zero-order chi connectivity index (χ0) is 17.6. The van der Waals surface area contributed by atoms with Crippen LogP contribution in [0.1, 0.15) is 58.8 Å². The number of aliphatic imine (C=N–C) groups is 1. The minimum Gasteiger partial charge on any atom is -0.356 e. The van der Waals surface area contributed by atoms with Crippen LogP contribution in [0.25, 0.3) is 0 Å². The lowest BCUT2D eigenvalue weighted by atomic mass is 10.1. The molecule has 2 N–H and O–H groups in total. The highest BCUT2D eigenvalue weighted by atomic mass is 127. The molecule has 0 bridgehead atoms. The van der Waals surface area contributed by atoms with Gasteiger partial charge in [0.05, 0.1) is 0 Å². The Labute approximate surface area is 173 Å². The van der Waals surface area contributed by atoms with Crippen molar-refractivity contribution in [3.63, 3.8) is 0 Å². The van der Waals surface area contributed by atoms with E-state index in [0.717, 1.165) is 12.5 Å². The van der Waals surface area contributed by atoms with E-state index >= 15 is 0 Å². The molecule has 0 aliphatic carbocycles. The molecule has 0 aromatic heterocycles. The number of halogens is 1. The van der Waals surface area contributed by atoms with E-state index in [2.05, 4.69) is 46.3 Å². The minimum atomic E-state index is 0. The maximum Gasteiger partial charge on any atom is 0.191 e. The predicted molar refractivity (Wildman–Crippen MR) is 121 cm³/mol. The quantitative estimate of drug-likeness (QED) is 0.212. The van der Waals surface area contributed by atoms with Gasteiger partial charge in [-0.15, -0.1) is 24.0 Å². The lowest BCUT2D eigenvalue weighted by Crippen LogP contribution is -2.45. The van der Waals surface area contributed by atoms with Crippen LogP contribution in [0.4, 0.5) is 0 Å². The first-order valence-electron chi connectivity index (χ1n) is 10.0. The Balaban J connectivity index is 0.00000576. The average molecular weight is 467 g/mol. The van der Waals surface area contributed by atoms with Crippen LogP contribution in [0.15, 0.2) is 4.99 Å². The van der Waals surface area contributed by atoms with Crippen molar-refractivity contribution in [3.05, 3.63) is 0 Å². The summed E-state index contributed by atoms with van der Waals surface area (Å²) in [6.45, 7) is 11.6. The summed E-state index contributed by atoms with van der Waals surface area (Å²) >= 11 is 0. The third kappa shape index (κ3) is 12.8. The van der Waals surface area contributed by atoms with Crippen molar-refractivity contribution in [1.82, 2.24) is 20.4 Å². The van der Waals surface area contributed by atoms with Gasteiger partial charge in [0.25, 0.3) is 0 Å². The van der Waals surface area contributed by atoms with Crippen LogP contribution in [-0.2, 0) is 0 Å². The molecule has 0 aromatic carbocycles. The Kier molecular flexibility index (Phi) is 16.1. The number of piperazine rings is 1. The topological polar surface area (TPSA) is 42.9 Å². The van der Waals surface area contributed by atoms with Crippen LogP contribution in [0.3, 0.4) is 0 Å². The van der Waals surface area contributed by atoms with Crippen molar-refractivity contribution >= 4 is 29.9 Å². The Morgan fingerprint density at radius 1 is 1.04 bits per heavy atom. The fraction of sp³-hybridized carbons (Fsp3) is 0.947. The SMILES string of the molecule is CCCCCCC(C)NC(=NC)NCCCCN1CCN(C)CC1.I. The maximum atomic E-state index is 4.35. The summed E-state index contributed by atoms with van der Waals surface area (Å²) < 4.78 is 0. The molecule has 5 nitrogen and oxygen atoms in total. The third-order valence-corrected chi connectivity index (χ3v) is 4.89. The van der Waals surface area contributed by atoms with E-state index in [1.165, 1.54) is 77.7 Å². The first-order chi connectivity index (χ1) is 11.7. The molecule has 0 saturated carbocycles. The smallest absolute Gasteiger partial charge is 0.191 e. The van der Waals surface area contributed by atoms with Gasteiger partial charge in [-0.2, -0.15) is 0 Å². The second-order valence-electron chi connectivity index (χ2n) is 7.25. The molecule has 1 saturated heterocycles. The largest absolute Gasteiger partial charge is 0.356 e. The molecule has 1 rings (SSSR count).